The molecule has 1 heterocycles. The third kappa shape index (κ3) is 3.43. The monoisotopic (exact) mass is 308 g/mol. The molecule has 1 aliphatic heterocycles. The van der Waals surface area contributed by atoms with Gasteiger partial charge >= 0.3 is 12.0 Å². The van der Waals surface area contributed by atoms with Gasteiger partial charge in [-0.05, 0) is 13.0 Å². The summed E-state index contributed by atoms with van der Waals surface area (Å²) in [6, 6.07) is 4.56. The Bertz CT molecular complexity index is 615. The number of nitrogens with one attached hydrogen (secondary N) is 2. The summed E-state index contributed by atoms with van der Waals surface area (Å²) < 4.78 is 23.9. The van der Waals surface area contributed by atoms with Crippen molar-refractivity contribution in [2.24, 2.45) is 0 Å². The van der Waals surface area contributed by atoms with Crippen molar-refractivity contribution in [1.82, 2.24) is 10.6 Å². The van der Waals surface area contributed by atoms with Crippen LogP contribution >= 0.6 is 0 Å². The number of hydrogen-bond donors (Lipinski definition) is 2. The first-order chi connectivity index (χ1) is 10.5. The second kappa shape index (κ2) is 7.04. The molecule has 1 aromatic carbocycles. The minimum absolute atomic E-state index is 0.0735. The van der Waals surface area contributed by atoms with Gasteiger partial charge in [-0.25, -0.2) is 14.0 Å². The predicted molar refractivity (Wildman–Crippen MR) is 76.3 cm³/mol. The normalized spacial score (nSPS) is 17.8. The van der Waals surface area contributed by atoms with E-state index in [0.29, 0.717) is 5.70 Å². The van der Waals surface area contributed by atoms with E-state index in [4.69, 9.17) is 9.47 Å². The molecule has 6 nitrogen and oxygen atoms in total. The van der Waals surface area contributed by atoms with Crippen LogP contribution in [0.25, 0.3) is 0 Å². The summed E-state index contributed by atoms with van der Waals surface area (Å²) in [5.41, 5.74) is 0.704. The first kappa shape index (κ1) is 16.0. The predicted octanol–water partition coefficient (Wildman–Crippen LogP) is 1.64. The lowest BCUT2D eigenvalue weighted by molar-refractivity contribution is -0.140. The molecule has 118 valence electrons. The van der Waals surface area contributed by atoms with Crippen molar-refractivity contribution in [2.45, 2.75) is 13.0 Å². The number of carbonyl (C=O) groups is 2. The van der Waals surface area contributed by atoms with Crippen LogP contribution in [0.2, 0.25) is 0 Å². The van der Waals surface area contributed by atoms with Gasteiger partial charge < -0.3 is 20.1 Å². The Morgan fingerprint density at radius 1 is 1.32 bits per heavy atom. The average molecular weight is 308 g/mol. The van der Waals surface area contributed by atoms with Gasteiger partial charge in [0.25, 0.3) is 0 Å². The number of amides is 2. The van der Waals surface area contributed by atoms with Gasteiger partial charge in [-0.3, -0.25) is 0 Å². The smallest absolute Gasteiger partial charge is 0.338 e. The van der Waals surface area contributed by atoms with Gasteiger partial charge in [-0.1, -0.05) is 18.2 Å². The van der Waals surface area contributed by atoms with Gasteiger partial charge in [0.15, 0.2) is 0 Å². The zero-order valence-corrected chi connectivity index (χ0v) is 12.3. The van der Waals surface area contributed by atoms with Crippen LogP contribution in [0.5, 0.6) is 0 Å². The third-order valence-corrected chi connectivity index (χ3v) is 3.23. The van der Waals surface area contributed by atoms with E-state index in [1.165, 1.54) is 25.3 Å². The van der Waals surface area contributed by atoms with Crippen LogP contribution in [0.15, 0.2) is 35.5 Å². The SMILES string of the molecule is COCCOC(=O)C1=C(C)NC(=O)N[C@@H]1c1ccccc1F. The highest BCUT2D eigenvalue weighted by molar-refractivity contribution is 5.95. The first-order valence-electron chi connectivity index (χ1n) is 6.73. The Labute approximate surface area is 127 Å². The van der Waals surface area contributed by atoms with Crippen molar-refractivity contribution < 1.29 is 23.5 Å². The quantitative estimate of drug-likeness (QED) is 0.640. The van der Waals surface area contributed by atoms with Gasteiger partial charge in [0.2, 0.25) is 0 Å². The number of benzene rings is 1. The molecule has 2 rings (SSSR count). The molecule has 0 aromatic heterocycles. The van der Waals surface area contributed by atoms with Crippen LogP contribution in [0.1, 0.15) is 18.5 Å². The standard InChI is InChI=1S/C15H17FN2O4/c1-9-12(14(19)22-8-7-21-2)13(18-15(20)17-9)10-5-3-4-6-11(10)16/h3-6,13H,7-8H2,1-2H3,(H2,17,18,20)/t13-/m1/s1. The molecule has 22 heavy (non-hydrogen) atoms. The Hall–Kier alpha value is -2.41. The van der Waals surface area contributed by atoms with Crippen LogP contribution in [-0.4, -0.2) is 32.3 Å². The van der Waals surface area contributed by atoms with Crippen LogP contribution in [0.3, 0.4) is 0 Å². The molecular formula is C15H17FN2O4. The maximum absolute atomic E-state index is 14.0. The van der Waals surface area contributed by atoms with E-state index in [0.717, 1.165) is 0 Å². The minimum Gasteiger partial charge on any atom is -0.460 e. The zero-order chi connectivity index (χ0) is 16.1. The molecule has 2 amide bonds. The summed E-state index contributed by atoms with van der Waals surface area (Å²) >= 11 is 0. The molecule has 1 atom stereocenters. The summed E-state index contributed by atoms with van der Waals surface area (Å²) in [5.74, 6) is -1.14. The summed E-state index contributed by atoms with van der Waals surface area (Å²) in [6.45, 7) is 1.89. The molecule has 0 spiro atoms. The largest absolute Gasteiger partial charge is 0.460 e. The van der Waals surface area contributed by atoms with E-state index in [-0.39, 0.29) is 24.4 Å². The highest BCUT2D eigenvalue weighted by Gasteiger charge is 2.33. The van der Waals surface area contributed by atoms with E-state index in [1.54, 1.807) is 13.0 Å². The molecule has 0 unspecified atom stereocenters. The maximum Gasteiger partial charge on any atom is 0.338 e. The van der Waals surface area contributed by atoms with Crippen molar-refractivity contribution in [1.29, 1.82) is 0 Å². The molecule has 0 bridgehead atoms. The van der Waals surface area contributed by atoms with Gasteiger partial charge in [0.05, 0.1) is 18.2 Å². The molecule has 0 saturated heterocycles. The van der Waals surface area contributed by atoms with Gasteiger partial charge in [-0.15, -0.1) is 0 Å². The number of methoxy groups -OCH3 is 1. The number of rotatable bonds is 5. The summed E-state index contributed by atoms with van der Waals surface area (Å²) in [7, 11) is 1.49. The molecule has 2 N–H and O–H groups in total. The van der Waals surface area contributed by atoms with Crippen molar-refractivity contribution >= 4 is 12.0 Å². The Morgan fingerprint density at radius 3 is 2.73 bits per heavy atom. The van der Waals surface area contributed by atoms with E-state index in [9.17, 15) is 14.0 Å². The number of hydrogen-bond acceptors (Lipinski definition) is 4. The number of esters is 1. The van der Waals surface area contributed by atoms with Crippen molar-refractivity contribution in [2.75, 3.05) is 20.3 Å². The van der Waals surface area contributed by atoms with Crippen molar-refractivity contribution in [3.8, 4) is 0 Å². The molecule has 7 heteroatoms. The van der Waals surface area contributed by atoms with Crippen LogP contribution in [-0.2, 0) is 14.3 Å². The maximum atomic E-state index is 14.0. The fraction of sp³-hybridized carbons (Fsp3) is 0.333. The second-order valence-electron chi connectivity index (χ2n) is 4.72. The van der Waals surface area contributed by atoms with Crippen LogP contribution in [0.4, 0.5) is 9.18 Å². The third-order valence-electron chi connectivity index (χ3n) is 3.23. The Morgan fingerprint density at radius 2 is 2.05 bits per heavy atom. The number of allylic oxidation sites excluding steroid dienone is 1. The highest BCUT2D eigenvalue weighted by atomic mass is 19.1. The molecule has 1 aromatic rings. The van der Waals surface area contributed by atoms with Crippen LogP contribution < -0.4 is 10.6 Å². The van der Waals surface area contributed by atoms with Gasteiger partial charge in [0.1, 0.15) is 12.4 Å². The van der Waals surface area contributed by atoms with E-state index < -0.39 is 23.9 Å². The average Bonchev–Trinajstić information content (AvgIpc) is 2.47. The molecular weight excluding hydrogens is 291 g/mol. The van der Waals surface area contributed by atoms with Crippen LogP contribution in [0, 0.1) is 5.82 Å². The number of ether oxygens (including phenoxy) is 2. The fourth-order valence-corrected chi connectivity index (χ4v) is 2.20. The second-order valence-corrected chi connectivity index (χ2v) is 4.72. The number of urea groups is 1. The summed E-state index contributed by atoms with van der Waals surface area (Å²) in [4.78, 5) is 23.9. The van der Waals surface area contributed by atoms with Gasteiger partial charge in [-0.2, -0.15) is 0 Å². The van der Waals surface area contributed by atoms with E-state index in [1.807, 2.05) is 0 Å². The lowest BCUT2D eigenvalue weighted by Crippen LogP contribution is -2.45. The van der Waals surface area contributed by atoms with E-state index >= 15 is 0 Å². The summed E-state index contributed by atoms with van der Waals surface area (Å²) in [6.07, 6.45) is 0. The fourth-order valence-electron chi connectivity index (χ4n) is 2.20. The highest BCUT2D eigenvalue weighted by Crippen LogP contribution is 2.29. The minimum atomic E-state index is -0.898. The molecule has 0 aliphatic carbocycles. The van der Waals surface area contributed by atoms with Crippen molar-refractivity contribution in [3.63, 3.8) is 0 Å². The lowest BCUT2D eigenvalue weighted by atomic mass is 9.95. The Kier molecular flexibility index (Phi) is 5.11. The van der Waals surface area contributed by atoms with E-state index in [2.05, 4.69) is 10.6 Å². The van der Waals surface area contributed by atoms with Gasteiger partial charge in [0, 0.05) is 18.4 Å². The molecule has 0 saturated carbocycles. The zero-order valence-electron chi connectivity index (χ0n) is 12.3. The molecule has 0 fully saturated rings. The first-order valence-corrected chi connectivity index (χ1v) is 6.73. The molecule has 1 aliphatic rings. The Balaban J connectivity index is 2.33. The summed E-state index contributed by atoms with van der Waals surface area (Å²) in [5, 5.41) is 5.04. The lowest BCUT2D eigenvalue weighted by Gasteiger charge is -2.28. The van der Waals surface area contributed by atoms with Crippen molar-refractivity contribution in [3.05, 3.63) is 46.9 Å². The number of carbonyl (C=O) groups excluding carboxylic acids is 2. The topological polar surface area (TPSA) is 76.7 Å². The molecule has 0 radical (unpaired) electrons. The number of halogens is 1.